The molecule has 0 aliphatic rings. The third-order valence-corrected chi connectivity index (χ3v) is 1.15. The number of ether oxygens (including phenoxy) is 4. The number of rotatable bonds is 8. The molecule has 9 heteroatoms. The van der Waals surface area contributed by atoms with Gasteiger partial charge in [-0.05, 0) is 0 Å². The Morgan fingerprint density at radius 2 is 0.619 bits per heavy atom. The normalized spacial score (nSPS) is 8.00. The Morgan fingerprint density at radius 1 is 0.476 bits per heavy atom. The predicted molar refractivity (Wildman–Crippen MR) is 72.7 cm³/mol. The second kappa shape index (κ2) is 50.0. The van der Waals surface area contributed by atoms with E-state index in [1.807, 2.05) is 0 Å². The van der Waals surface area contributed by atoms with Crippen molar-refractivity contribution in [3.63, 3.8) is 0 Å². The molecule has 128 valence electrons. The second-order valence-electron chi connectivity index (χ2n) is 2.79. The van der Waals surface area contributed by atoms with Crippen molar-refractivity contribution in [2.75, 3.05) is 81.3 Å². The van der Waals surface area contributed by atoms with E-state index >= 15 is 0 Å². The first kappa shape index (κ1) is 33.0. The topological polar surface area (TPSA) is 129 Å². The first-order valence-corrected chi connectivity index (χ1v) is 5.94. The fourth-order valence-electron chi connectivity index (χ4n) is 0.333. The zero-order valence-electron chi connectivity index (χ0n) is 13.4. The van der Waals surface area contributed by atoms with Crippen molar-refractivity contribution in [2.24, 2.45) is 0 Å². The summed E-state index contributed by atoms with van der Waals surface area (Å²) in [5, 5.41) is 37.6. The third kappa shape index (κ3) is 99.3. The minimum Gasteiger partial charge on any atom is -0.853 e. The van der Waals surface area contributed by atoms with Crippen molar-refractivity contribution in [3.05, 3.63) is 0 Å². The van der Waals surface area contributed by atoms with Crippen LogP contribution in [0.15, 0.2) is 0 Å². The summed E-state index contributed by atoms with van der Waals surface area (Å²) in [6, 6.07) is 0. The van der Waals surface area contributed by atoms with E-state index in [1.54, 1.807) is 0 Å². The van der Waals surface area contributed by atoms with Gasteiger partial charge in [0, 0.05) is 54.9 Å². The van der Waals surface area contributed by atoms with E-state index in [0.717, 1.165) is 0 Å². The van der Waals surface area contributed by atoms with Crippen LogP contribution in [-0.2, 0) is 18.9 Å². The molecule has 0 unspecified atom stereocenters. The van der Waals surface area contributed by atoms with Crippen LogP contribution in [0.1, 0.15) is 0 Å². The van der Waals surface area contributed by atoms with Gasteiger partial charge in [0.1, 0.15) is 0 Å². The van der Waals surface area contributed by atoms with E-state index in [2.05, 4.69) is 18.9 Å². The molecule has 0 atom stereocenters. The molecule has 0 aromatic rings. The average Bonchev–Trinajstić information content (AvgIpc) is 2.44. The van der Waals surface area contributed by atoms with E-state index in [1.165, 1.54) is 28.4 Å². The quantitative estimate of drug-likeness (QED) is 0.390. The number of methoxy groups -OCH3 is 4. The molecule has 0 amide bonds. The van der Waals surface area contributed by atoms with E-state index in [4.69, 9.17) is 0 Å². The summed E-state index contributed by atoms with van der Waals surface area (Å²) in [6.07, 6.45) is 0. The maximum Gasteiger partial charge on any atom is 4.00 e. The van der Waals surface area contributed by atoms with Crippen LogP contribution in [0, 0.1) is 0 Å². The summed E-state index contributed by atoms with van der Waals surface area (Å²) in [7, 11) is 6.05. The first-order valence-electron chi connectivity index (χ1n) is 5.94. The molecule has 0 fully saturated rings. The summed E-state index contributed by atoms with van der Waals surface area (Å²) in [5.41, 5.74) is 0. The predicted octanol–water partition coefficient (Wildman–Crippen LogP) is -4.41. The summed E-state index contributed by atoms with van der Waals surface area (Å²) in [4.78, 5) is 0. The van der Waals surface area contributed by atoms with Crippen LogP contribution in [0.5, 0.6) is 0 Å². The van der Waals surface area contributed by atoms with Crippen LogP contribution in [0.4, 0.5) is 0 Å². The van der Waals surface area contributed by atoms with E-state index in [9.17, 15) is 20.4 Å². The van der Waals surface area contributed by atoms with Crippen molar-refractivity contribution in [2.45, 2.75) is 0 Å². The molecule has 0 aromatic carbocycles. The van der Waals surface area contributed by atoms with Crippen molar-refractivity contribution < 1.29 is 39.4 Å². The van der Waals surface area contributed by atoms with Gasteiger partial charge in [-0.2, -0.15) is 0 Å². The molecule has 0 saturated heterocycles. The van der Waals surface area contributed by atoms with Gasteiger partial charge in [-0.1, -0.05) is 0 Å². The maximum atomic E-state index is 9.40. The van der Waals surface area contributed by atoms with Crippen LogP contribution in [0.2, 0.25) is 0 Å². The van der Waals surface area contributed by atoms with Gasteiger partial charge >= 0.3 is 17.6 Å². The molecule has 0 N–H and O–H groups in total. The molecular formula is C12H28GeO8. The average molecular weight is 373 g/mol. The van der Waals surface area contributed by atoms with E-state index in [0.29, 0.717) is 26.4 Å². The summed E-state index contributed by atoms with van der Waals surface area (Å²) >= 11 is 0. The fraction of sp³-hybridized carbons (Fsp3) is 1.00. The van der Waals surface area contributed by atoms with E-state index in [-0.39, 0.29) is 44.0 Å². The van der Waals surface area contributed by atoms with Gasteiger partial charge in [-0.15, -0.1) is 26.4 Å². The Hall–Kier alpha value is 0.223. The molecule has 21 heavy (non-hydrogen) atoms. The molecule has 0 aromatic heterocycles. The van der Waals surface area contributed by atoms with E-state index < -0.39 is 0 Å². The van der Waals surface area contributed by atoms with Gasteiger partial charge < -0.3 is 39.4 Å². The summed E-state index contributed by atoms with van der Waals surface area (Å²) < 4.78 is 17.5. The Morgan fingerprint density at radius 3 is 0.619 bits per heavy atom. The Bertz CT molecular complexity index is 79.3. The minimum atomic E-state index is -0.128. The molecule has 0 saturated carbocycles. The number of hydrogen-bond acceptors (Lipinski definition) is 8. The van der Waals surface area contributed by atoms with Crippen LogP contribution in [0.25, 0.3) is 0 Å². The first-order chi connectivity index (χ1) is 9.66. The molecule has 0 aliphatic heterocycles. The van der Waals surface area contributed by atoms with Gasteiger partial charge in [-0.3, -0.25) is 0 Å². The van der Waals surface area contributed by atoms with Crippen LogP contribution in [-0.4, -0.2) is 98.9 Å². The molecule has 0 heterocycles. The van der Waals surface area contributed by atoms with Crippen LogP contribution >= 0.6 is 0 Å². The second-order valence-corrected chi connectivity index (χ2v) is 2.79. The zero-order valence-corrected chi connectivity index (χ0v) is 15.5. The van der Waals surface area contributed by atoms with Gasteiger partial charge in [0.15, 0.2) is 0 Å². The van der Waals surface area contributed by atoms with Crippen molar-refractivity contribution in [1.29, 1.82) is 0 Å². The number of hydrogen-bond donors (Lipinski definition) is 0. The standard InChI is InChI=1S/4C3H7O2.Ge/c4*1-5-3-2-4;/h4*2-3H2,1H3;/q4*-1;+4. The maximum absolute atomic E-state index is 9.40. The van der Waals surface area contributed by atoms with Gasteiger partial charge in [0.05, 0.1) is 0 Å². The molecular weight excluding hydrogens is 345 g/mol. The zero-order chi connectivity index (χ0) is 16.5. The van der Waals surface area contributed by atoms with Crippen molar-refractivity contribution in [3.8, 4) is 0 Å². The van der Waals surface area contributed by atoms with Crippen LogP contribution < -0.4 is 20.4 Å². The van der Waals surface area contributed by atoms with Crippen LogP contribution in [0.3, 0.4) is 0 Å². The molecule has 0 rings (SSSR count). The monoisotopic (exact) mass is 374 g/mol. The van der Waals surface area contributed by atoms with Crippen molar-refractivity contribution in [1.82, 2.24) is 0 Å². The SMILES string of the molecule is COCC[O-].COCC[O-].COCC[O-].COCC[O-].[Ge+4]. The molecule has 0 radical (unpaired) electrons. The van der Waals surface area contributed by atoms with Gasteiger partial charge in [0.25, 0.3) is 0 Å². The molecule has 8 nitrogen and oxygen atoms in total. The van der Waals surface area contributed by atoms with Gasteiger partial charge in [0.2, 0.25) is 0 Å². The molecule has 0 aliphatic carbocycles. The largest absolute Gasteiger partial charge is 4.00 e. The molecule has 0 spiro atoms. The molecule has 0 bridgehead atoms. The van der Waals surface area contributed by atoms with Crippen molar-refractivity contribution >= 4 is 17.6 Å². The Labute approximate surface area is 138 Å². The van der Waals surface area contributed by atoms with Gasteiger partial charge in [-0.25, -0.2) is 0 Å². The minimum absolute atomic E-state index is 0. The smallest absolute Gasteiger partial charge is 0.853 e. The summed E-state index contributed by atoms with van der Waals surface area (Å²) in [5.74, 6) is 0. The Kier molecular flexibility index (Phi) is 78.6. The third-order valence-electron chi connectivity index (χ3n) is 1.15. The summed E-state index contributed by atoms with van der Waals surface area (Å²) in [6.45, 7) is 0.819. The fourth-order valence-corrected chi connectivity index (χ4v) is 0.333. The Balaban J connectivity index is -0.0000000533.